The van der Waals surface area contributed by atoms with Crippen molar-refractivity contribution in [2.24, 2.45) is 0 Å². The third-order valence-electron chi connectivity index (χ3n) is 2.58. The van der Waals surface area contributed by atoms with Gasteiger partial charge in [0.05, 0.1) is 0 Å². The summed E-state index contributed by atoms with van der Waals surface area (Å²) < 4.78 is 0. The van der Waals surface area contributed by atoms with Crippen molar-refractivity contribution in [3.63, 3.8) is 0 Å². The number of hydrogen-bond acceptors (Lipinski definition) is 2. The Balaban J connectivity index is 1.95. The molecular formula is C13H12Cl2N2. The maximum Gasteiger partial charge on any atom is 0.137 e. The number of nitrogens with zero attached hydrogens (tertiary/aromatic N) is 2. The fourth-order valence-electron chi connectivity index (χ4n) is 1.69. The van der Waals surface area contributed by atoms with E-state index >= 15 is 0 Å². The molecule has 2 rings (SSSR count). The van der Waals surface area contributed by atoms with Gasteiger partial charge in [-0.15, -0.1) is 0 Å². The van der Waals surface area contributed by atoms with Crippen LogP contribution in [0.4, 0.5) is 0 Å². The lowest BCUT2D eigenvalue weighted by atomic mass is 10.1. The van der Waals surface area contributed by atoms with Crippen LogP contribution in [-0.2, 0) is 12.8 Å². The van der Waals surface area contributed by atoms with Gasteiger partial charge in [-0.05, 0) is 24.8 Å². The molecule has 0 bridgehead atoms. The summed E-state index contributed by atoms with van der Waals surface area (Å²) in [5.74, 6) is 0. The van der Waals surface area contributed by atoms with Crippen molar-refractivity contribution in [2.75, 3.05) is 0 Å². The fraction of sp³-hybridized carbons (Fsp3) is 0.231. The van der Waals surface area contributed by atoms with Crippen molar-refractivity contribution >= 4 is 23.2 Å². The highest BCUT2D eigenvalue weighted by molar-refractivity contribution is 6.34. The Hall–Kier alpha value is -1.12. The highest BCUT2D eigenvalue weighted by Crippen LogP contribution is 2.21. The Morgan fingerprint density at radius 2 is 1.53 bits per heavy atom. The largest absolute Gasteiger partial charge is 0.224 e. The Bertz CT molecular complexity index is 466. The normalized spacial score (nSPS) is 10.5. The third kappa shape index (κ3) is 3.42. The van der Waals surface area contributed by atoms with Gasteiger partial charge in [0.15, 0.2) is 0 Å². The van der Waals surface area contributed by atoms with Gasteiger partial charge in [-0.25, -0.2) is 9.97 Å². The third-order valence-corrected chi connectivity index (χ3v) is 3.23. The van der Waals surface area contributed by atoms with Crippen LogP contribution in [0.25, 0.3) is 0 Å². The predicted molar refractivity (Wildman–Crippen MR) is 70.5 cm³/mol. The van der Waals surface area contributed by atoms with Gasteiger partial charge in [0, 0.05) is 5.56 Å². The molecule has 1 aromatic carbocycles. The molecule has 0 spiro atoms. The number of hydrogen-bond donors (Lipinski definition) is 0. The summed E-state index contributed by atoms with van der Waals surface area (Å²) in [5.41, 5.74) is 2.16. The molecule has 88 valence electrons. The molecule has 17 heavy (non-hydrogen) atoms. The maximum atomic E-state index is 5.98. The lowest BCUT2D eigenvalue weighted by Crippen LogP contribution is -1.95. The first kappa shape index (κ1) is 12.3. The average molecular weight is 267 g/mol. The molecule has 0 fully saturated rings. The van der Waals surface area contributed by atoms with E-state index in [1.54, 1.807) is 0 Å². The SMILES string of the molecule is Clc1ncnc(Cl)c1CCCc1ccccc1. The van der Waals surface area contributed by atoms with Gasteiger partial charge >= 0.3 is 0 Å². The van der Waals surface area contributed by atoms with Gasteiger partial charge in [0.1, 0.15) is 16.6 Å². The molecule has 4 heteroatoms. The van der Waals surface area contributed by atoms with E-state index in [2.05, 4.69) is 22.1 Å². The molecule has 2 aromatic rings. The van der Waals surface area contributed by atoms with E-state index in [0.29, 0.717) is 10.3 Å². The van der Waals surface area contributed by atoms with E-state index in [1.807, 2.05) is 18.2 Å². The molecule has 1 aromatic heterocycles. The molecule has 1 heterocycles. The molecule has 0 saturated heterocycles. The zero-order valence-corrected chi connectivity index (χ0v) is 10.7. The van der Waals surface area contributed by atoms with Crippen LogP contribution in [0.5, 0.6) is 0 Å². The van der Waals surface area contributed by atoms with E-state index in [4.69, 9.17) is 23.2 Å². The van der Waals surface area contributed by atoms with Crippen LogP contribution in [0.2, 0.25) is 10.3 Å². The highest BCUT2D eigenvalue weighted by Gasteiger charge is 2.07. The number of benzene rings is 1. The fourth-order valence-corrected chi connectivity index (χ4v) is 2.20. The van der Waals surface area contributed by atoms with Gasteiger partial charge in [-0.2, -0.15) is 0 Å². The minimum Gasteiger partial charge on any atom is -0.224 e. The summed E-state index contributed by atoms with van der Waals surface area (Å²) in [7, 11) is 0. The van der Waals surface area contributed by atoms with Crippen LogP contribution in [0.1, 0.15) is 17.5 Å². The molecule has 0 aliphatic carbocycles. The second-order valence-electron chi connectivity index (χ2n) is 3.77. The molecule has 0 amide bonds. The molecule has 0 aliphatic rings. The summed E-state index contributed by atoms with van der Waals surface area (Å²) in [4.78, 5) is 7.87. The van der Waals surface area contributed by atoms with Crippen molar-refractivity contribution in [2.45, 2.75) is 19.3 Å². The van der Waals surface area contributed by atoms with E-state index in [0.717, 1.165) is 24.8 Å². The first-order valence-electron chi connectivity index (χ1n) is 5.46. The second-order valence-corrected chi connectivity index (χ2v) is 4.49. The standard InChI is InChI=1S/C13H12Cl2N2/c14-12-11(13(15)17-9-16-12)8-4-7-10-5-2-1-3-6-10/h1-3,5-6,9H,4,7-8H2. The lowest BCUT2D eigenvalue weighted by molar-refractivity contribution is 0.812. The number of rotatable bonds is 4. The minimum absolute atomic E-state index is 0.457. The molecule has 0 atom stereocenters. The van der Waals surface area contributed by atoms with Gasteiger partial charge in [0.2, 0.25) is 0 Å². The molecule has 0 aliphatic heterocycles. The Morgan fingerprint density at radius 1 is 0.882 bits per heavy atom. The van der Waals surface area contributed by atoms with Crippen LogP contribution < -0.4 is 0 Å². The van der Waals surface area contributed by atoms with Crippen LogP contribution in [0, 0.1) is 0 Å². The molecule has 0 unspecified atom stereocenters. The van der Waals surface area contributed by atoms with Crippen LogP contribution in [0.3, 0.4) is 0 Å². The van der Waals surface area contributed by atoms with Gasteiger partial charge in [-0.3, -0.25) is 0 Å². The molecule has 0 saturated carbocycles. The highest BCUT2D eigenvalue weighted by atomic mass is 35.5. The monoisotopic (exact) mass is 266 g/mol. The summed E-state index contributed by atoms with van der Waals surface area (Å²) in [6, 6.07) is 10.3. The summed E-state index contributed by atoms with van der Waals surface area (Å²) in [6.07, 6.45) is 4.16. The smallest absolute Gasteiger partial charge is 0.137 e. The lowest BCUT2D eigenvalue weighted by Gasteiger charge is -2.05. The van der Waals surface area contributed by atoms with Crippen molar-refractivity contribution in [3.8, 4) is 0 Å². The van der Waals surface area contributed by atoms with Gasteiger partial charge in [0.25, 0.3) is 0 Å². The van der Waals surface area contributed by atoms with E-state index in [1.165, 1.54) is 11.9 Å². The summed E-state index contributed by atoms with van der Waals surface area (Å²) >= 11 is 12.0. The Morgan fingerprint density at radius 3 is 2.18 bits per heavy atom. The van der Waals surface area contributed by atoms with E-state index < -0.39 is 0 Å². The zero-order chi connectivity index (χ0) is 12.1. The predicted octanol–water partition coefficient (Wildman–Crippen LogP) is 3.96. The van der Waals surface area contributed by atoms with Crippen molar-refractivity contribution in [1.29, 1.82) is 0 Å². The molecular weight excluding hydrogens is 255 g/mol. The first-order valence-corrected chi connectivity index (χ1v) is 6.22. The van der Waals surface area contributed by atoms with Crippen molar-refractivity contribution < 1.29 is 0 Å². The van der Waals surface area contributed by atoms with Crippen LogP contribution in [0.15, 0.2) is 36.7 Å². The topological polar surface area (TPSA) is 25.8 Å². The van der Waals surface area contributed by atoms with Gasteiger partial charge < -0.3 is 0 Å². The molecule has 2 nitrogen and oxygen atoms in total. The average Bonchev–Trinajstić information content (AvgIpc) is 2.34. The Labute approximate surface area is 111 Å². The number of aromatic nitrogens is 2. The zero-order valence-electron chi connectivity index (χ0n) is 9.24. The number of aryl methyl sites for hydroxylation is 1. The summed E-state index contributed by atoms with van der Waals surface area (Å²) in [6.45, 7) is 0. The Kier molecular flexibility index (Phi) is 4.35. The van der Waals surface area contributed by atoms with Crippen molar-refractivity contribution in [1.82, 2.24) is 9.97 Å². The van der Waals surface area contributed by atoms with E-state index in [9.17, 15) is 0 Å². The van der Waals surface area contributed by atoms with Crippen molar-refractivity contribution in [3.05, 3.63) is 58.1 Å². The second kappa shape index (κ2) is 5.99. The minimum atomic E-state index is 0.457. The first-order chi connectivity index (χ1) is 8.27. The summed E-state index contributed by atoms with van der Waals surface area (Å²) in [5, 5.41) is 0.913. The quantitative estimate of drug-likeness (QED) is 0.783. The molecule has 0 radical (unpaired) electrons. The van der Waals surface area contributed by atoms with Gasteiger partial charge in [-0.1, -0.05) is 53.5 Å². The van der Waals surface area contributed by atoms with Crippen LogP contribution in [-0.4, -0.2) is 9.97 Å². The molecule has 0 N–H and O–H groups in total. The van der Waals surface area contributed by atoms with Crippen LogP contribution >= 0.6 is 23.2 Å². The number of halogens is 2. The maximum absolute atomic E-state index is 5.98. The van der Waals surface area contributed by atoms with E-state index in [-0.39, 0.29) is 0 Å².